The Labute approximate surface area is 132 Å². The Bertz CT molecular complexity index is 643. The molecule has 112 valence electrons. The molecule has 1 aromatic carbocycles. The molecule has 0 saturated heterocycles. The van der Waals surface area contributed by atoms with Crippen molar-refractivity contribution in [1.82, 2.24) is 15.5 Å². The molecule has 2 rings (SSSR count). The Morgan fingerprint density at radius 3 is 2.86 bits per heavy atom. The SMILES string of the molecule is CCc1cc(C(=O)NC(CO)c2cccc(Cl)c2Cl)n[nH]1. The van der Waals surface area contributed by atoms with E-state index in [2.05, 4.69) is 15.5 Å². The molecule has 0 saturated carbocycles. The lowest BCUT2D eigenvalue weighted by atomic mass is 10.1. The van der Waals surface area contributed by atoms with Crippen LogP contribution >= 0.6 is 23.2 Å². The number of aromatic nitrogens is 2. The average molecular weight is 328 g/mol. The largest absolute Gasteiger partial charge is 0.394 e. The summed E-state index contributed by atoms with van der Waals surface area (Å²) in [6.07, 6.45) is 0.754. The number of benzene rings is 1. The summed E-state index contributed by atoms with van der Waals surface area (Å²) in [7, 11) is 0. The summed E-state index contributed by atoms with van der Waals surface area (Å²) in [6.45, 7) is 1.66. The fourth-order valence-electron chi connectivity index (χ4n) is 1.90. The molecule has 0 aliphatic rings. The highest BCUT2D eigenvalue weighted by Crippen LogP contribution is 2.29. The van der Waals surface area contributed by atoms with Gasteiger partial charge in [0.25, 0.3) is 5.91 Å². The molecule has 0 aliphatic heterocycles. The van der Waals surface area contributed by atoms with E-state index in [-0.39, 0.29) is 18.2 Å². The third-order valence-electron chi connectivity index (χ3n) is 3.09. The number of aromatic amines is 1. The van der Waals surface area contributed by atoms with Gasteiger partial charge in [0, 0.05) is 5.69 Å². The van der Waals surface area contributed by atoms with E-state index in [1.54, 1.807) is 24.3 Å². The summed E-state index contributed by atoms with van der Waals surface area (Å²) in [5, 5.41) is 19.6. The van der Waals surface area contributed by atoms with Crippen LogP contribution in [0.25, 0.3) is 0 Å². The van der Waals surface area contributed by atoms with E-state index >= 15 is 0 Å². The van der Waals surface area contributed by atoms with Crippen LogP contribution in [0.4, 0.5) is 0 Å². The standard InChI is InChI=1S/C14H15Cl2N3O2/c1-2-8-6-11(19-18-8)14(21)17-12(7-20)9-4-3-5-10(15)13(9)16/h3-6,12,20H,2,7H2,1H3,(H,17,21)(H,18,19). The Kier molecular flexibility index (Phi) is 5.22. The van der Waals surface area contributed by atoms with Crippen LogP contribution in [0.15, 0.2) is 24.3 Å². The number of aryl methyl sites for hydroxylation is 1. The van der Waals surface area contributed by atoms with Gasteiger partial charge in [0.05, 0.1) is 22.7 Å². The molecule has 21 heavy (non-hydrogen) atoms. The minimum Gasteiger partial charge on any atom is -0.394 e. The Balaban J connectivity index is 2.19. The normalized spacial score (nSPS) is 12.2. The minimum absolute atomic E-state index is 0.267. The molecule has 0 aliphatic carbocycles. The fraction of sp³-hybridized carbons (Fsp3) is 0.286. The molecular formula is C14H15Cl2N3O2. The monoisotopic (exact) mass is 327 g/mol. The minimum atomic E-state index is -0.648. The van der Waals surface area contributed by atoms with Crippen LogP contribution in [0.1, 0.15) is 34.7 Å². The van der Waals surface area contributed by atoms with Gasteiger partial charge in [0.1, 0.15) is 5.69 Å². The van der Waals surface area contributed by atoms with Crippen LogP contribution in [0, 0.1) is 0 Å². The number of halogens is 2. The van der Waals surface area contributed by atoms with E-state index in [0.29, 0.717) is 15.6 Å². The fourth-order valence-corrected chi connectivity index (χ4v) is 2.34. The van der Waals surface area contributed by atoms with Crippen LogP contribution in [0.2, 0.25) is 10.0 Å². The molecule has 7 heteroatoms. The number of H-pyrrole nitrogens is 1. The van der Waals surface area contributed by atoms with E-state index in [1.807, 2.05) is 6.92 Å². The first kappa shape index (κ1) is 15.8. The maximum Gasteiger partial charge on any atom is 0.272 e. The van der Waals surface area contributed by atoms with Crippen molar-refractivity contribution in [1.29, 1.82) is 0 Å². The van der Waals surface area contributed by atoms with Gasteiger partial charge in [-0.05, 0) is 24.1 Å². The highest BCUT2D eigenvalue weighted by Gasteiger charge is 2.20. The van der Waals surface area contributed by atoms with Crippen molar-refractivity contribution in [2.24, 2.45) is 0 Å². The van der Waals surface area contributed by atoms with Crippen molar-refractivity contribution < 1.29 is 9.90 Å². The third-order valence-corrected chi connectivity index (χ3v) is 3.92. The molecule has 1 atom stereocenters. The average Bonchev–Trinajstić information content (AvgIpc) is 2.97. The first-order valence-electron chi connectivity index (χ1n) is 6.46. The highest BCUT2D eigenvalue weighted by atomic mass is 35.5. The van der Waals surface area contributed by atoms with Gasteiger partial charge in [0.15, 0.2) is 0 Å². The molecule has 3 N–H and O–H groups in total. The number of nitrogens with zero attached hydrogens (tertiary/aromatic N) is 1. The summed E-state index contributed by atoms with van der Waals surface area (Å²) in [6, 6.07) is 6.08. The molecule has 5 nitrogen and oxygen atoms in total. The maximum atomic E-state index is 12.1. The Morgan fingerprint density at radius 1 is 1.48 bits per heavy atom. The van der Waals surface area contributed by atoms with E-state index in [0.717, 1.165) is 12.1 Å². The summed E-state index contributed by atoms with van der Waals surface area (Å²) >= 11 is 12.1. The van der Waals surface area contributed by atoms with E-state index in [1.165, 1.54) is 0 Å². The van der Waals surface area contributed by atoms with Gasteiger partial charge < -0.3 is 10.4 Å². The molecule has 1 unspecified atom stereocenters. The van der Waals surface area contributed by atoms with Crippen LogP contribution in [-0.4, -0.2) is 27.8 Å². The molecule has 1 amide bonds. The number of nitrogens with one attached hydrogen (secondary N) is 2. The predicted molar refractivity (Wildman–Crippen MR) is 81.7 cm³/mol. The van der Waals surface area contributed by atoms with Gasteiger partial charge >= 0.3 is 0 Å². The van der Waals surface area contributed by atoms with Gasteiger partial charge in [-0.2, -0.15) is 5.10 Å². The van der Waals surface area contributed by atoms with Crippen LogP contribution in [-0.2, 0) is 6.42 Å². The van der Waals surface area contributed by atoms with Crippen molar-refractivity contribution >= 4 is 29.1 Å². The van der Waals surface area contributed by atoms with Crippen molar-refractivity contribution in [3.63, 3.8) is 0 Å². The molecule has 0 fully saturated rings. The number of carbonyl (C=O) groups is 1. The molecule has 1 heterocycles. The topological polar surface area (TPSA) is 78.0 Å². The molecule has 1 aromatic heterocycles. The quantitative estimate of drug-likeness (QED) is 0.790. The second-order valence-corrected chi connectivity index (χ2v) is 5.27. The van der Waals surface area contributed by atoms with Gasteiger partial charge in [0.2, 0.25) is 0 Å². The molecule has 0 radical (unpaired) electrons. The van der Waals surface area contributed by atoms with E-state index in [4.69, 9.17) is 23.2 Å². The number of carbonyl (C=O) groups excluding carboxylic acids is 1. The summed E-state index contributed by atoms with van der Waals surface area (Å²) in [5.41, 5.74) is 1.69. The van der Waals surface area contributed by atoms with Crippen molar-refractivity contribution in [3.8, 4) is 0 Å². The lowest BCUT2D eigenvalue weighted by molar-refractivity contribution is 0.0911. The van der Waals surface area contributed by atoms with E-state index < -0.39 is 6.04 Å². The summed E-state index contributed by atoms with van der Waals surface area (Å²) < 4.78 is 0. The Morgan fingerprint density at radius 2 is 2.24 bits per heavy atom. The zero-order valence-electron chi connectivity index (χ0n) is 11.4. The zero-order chi connectivity index (χ0) is 15.4. The second kappa shape index (κ2) is 6.93. The van der Waals surface area contributed by atoms with Crippen LogP contribution in [0.5, 0.6) is 0 Å². The molecular weight excluding hydrogens is 313 g/mol. The maximum absolute atomic E-state index is 12.1. The highest BCUT2D eigenvalue weighted by molar-refractivity contribution is 6.42. The van der Waals surface area contributed by atoms with Gasteiger partial charge in [-0.1, -0.05) is 42.3 Å². The van der Waals surface area contributed by atoms with Crippen LogP contribution in [0.3, 0.4) is 0 Å². The Hall–Kier alpha value is -1.56. The molecule has 0 spiro atoms. The first-order chi connectivity index (χ1) is 10.1. The number of amides is 1. The summed E-state index contributed by atoms with van der Waals surface area (Å²) in [5.74, 6) is -0.388. The second-order valence-electron chi connectivity index (χ2n) is 4.48. The smallest absolute Gasteiger partial charge is 0.272 e. The number of rotatable bonds is 5. The van der Waals surface area contributed by atoms with Gasteiger partial charge in [-0.3, -0.25) is 9.89 Å². The van der Waals surface area contributed by atoms with Gasteiger partial charge in [-0.25, -0.2) is 0 Å². The number of hydrogen-bond acceptors (Lipinski definition) is 3. The zero-order valence-corrected chi connectivity index (χ0v) is 12.9. The van der Waals surface area contributed by atoms with Crippen LogP contribution < -0.4 is 5.32 Å². The molecule has 2 aromatic rings. The third kappa shape index (κ3) is 3.56. The lowest BCUT2D eigenvalue weighted by Gasteiger charge is -2.17. The lowest BCUT2D eigenvalue weighted by Crippen LogP contribution is -2.31. The number of hydrogen-bond donors (Lipinski definition) is 3. The number of aliphatic hydroxyl groups is 1. The van der Waals surface area contributed by atoms with Crippen molar-refractivity contribution in [2.45, 2.75) is 19.4 Å². The first-order valence-corrected chi connectivity index (χ1v) is 7.22. The number of aliphatic hydroxyl groups excluding tert-OH is 1. The predicted octanol–water partition coefficient (Wildman–Crippen LogP) is 2.74. The van der Waals surface area contributed by atoms with Crippen molar-refractivity contribution in [2.75, 3.05) is 6.61 Å². The van der Waals surface area contributed by atoms with Gasteiger partial charge in [-0.15, -0.1) is 0 Å². The molecule has 0 bridgehead atoms. The van der Waals surface area contributed by atoms with Crippen molar-refractivity contribution in [3.05, 3.63) is 51.3 Å². The summed E-state index contributed by atoms with van der Waals surface area (Å²) in [4.78, 5) is 12.1. The van der Waals surface area contributed by atoms with E-state index in [9.17, 15) is 9.90 Å².